The predicted molar refractivity (Wildman–Crippen MR) is 97.4 cm³/mol. The van der Waals surface area contributed by atoms with Gasteiger partial charge in [0, 0.05) is 22.4 Å². The van der Waals surface area contributed by atoms with Crippen LogP contribution in [0.3, 0.4) is 0 Å². The Morgan fingerprint density at radius 3 is 2.55 bits per heavy atom. The maximum Gasteiger partial charge on any atom is 0.408 e. The van der Waals surface area contributed by atoms with Gasteiger partial charge in [-0.2, -0.15) is 0 Å². The second-order valence-electron chi connectivity index (χ2n) is 6.70. The van der Waals surface area contributed by atoms with Gasteiger partial charge in [-0.25, -0.2) is 4.79 Å². The number of rotatable bonds is 5. The van der Waals surface area contributed by atoms with Crippen molar-refractivity contribution in [1.29, 1.82) is 0 Å². The Kier molecular flexibility index (Phi) is 5.96. The molecule has 2 rings (SSSR count). The van der Waals surface area contributed by atoms with E-state index < -0.39 is 5.60 Å². The first-order valence-corrected chi connectivity index (χ1v) is 9.75. The molecule has 0 unspecified atom stereocenters. The Morgan fingerprint density at radius 2 is 2.09 bits per heavy atom. The molecule has 0 spiro atoms. The zero-order chi connectivity index (χ0) is 16.4. The summed E-state index contributed by atoms with van der Waals surface area (Å²) >= 11 is 8.71. The van der Waals surface area contributed by atoms with Crippen molar-refractivity contribution in [3.63, 3.8) is 0 Å². The third kappa shape index (κ3) is 5.22. The summed E-state index contributed by atoms with van der Waals surface area (Å²) in [5, 5.41) is 6.50. The van der Waals surface area contributed by atoms with E-state index in [1.54, 1.807) is 11.3 Å². The van der Waals surface area contributed by atoms with Crippen LogP contribution in [0.4, 0.5) is 4.79 Å². The van der Waals surface area contributed by atoms with E-state index in [9.17, 15) is 4.79 Å². The molecule has 0 bridgehead atoms. The largest absolute Gasteiger partial charge is 0.444 e. The van der Waals surface area contributed by atoms with E-state index in [0.29, 0.717) is 0 Å². The van der Waals surface area contributed by atoms with Crippen LogP contribution in [0.2, 0.25) is 0 Å². The van der Waals surface area contributed by atoms with Crippen LogP contribution >= 0.6 is 43.2 Å². The lowest BCUT2D eigenvalue weighted by Crippen LogP contribution is -2.59. The Labute approximate surface area is 152 Å². The fourth-order valence-corrected chi connectivity index (χ4v) is 4.52. The van der Waals surface area contributed by atoms with Gasteiger partial charge in [0.15, 0.2) is 0 Å². The highest BCUT2D eigenvalue weighted by atomic mass is 79.9. The summed E-state index contributed by atoms with van der Waals surface area (Å²) in [6.45, 7) is 7.20. The molecule has 1 aliphatic rings. The van der Waals surface area contributed by atoms with Gasteiger partial charge in [0.1, 0.15) is 5.60 Å². The summed E-state index contributed by atoms with van der Waals surface area (Å²) in [6, 6.07) is 2.11. The Bertz CT molecular complexity index is 517. The van der Waals surface area contributed by atoms with Crippen LogP contribution < -0.4 is 10.6 Å². The average molecular weight is 454 g/mol. The molecular weight excluding hydrogens is 432 g/mol. The minimum Gasteiger partial charge on any atom is -0.444 e. The lowest BCUT2D eigenvalue weighted by Gasteiger charge is -2.42. The molecule has 22 heavy (non-hydrogen) atoms. The highest BCUT2D eigenvalue weighted by Crippen LogP contribution is 2.33. The Hall–Kier alpha value is -0.110. The first kappa shape index (κ1) is 18.2. The maximum atomic E-state index is 12.0. The van der Waals surface area contributed by atoms with Crippen LogP contribution in [-0.2, 0) is 11.3 Å². The molecular formula is C15H22Br2N2O2S. The molecule has 2 N–H and O–H groups in total. The van der Waals surface area contributed by atoms with Crippen molar-refractivity contribution in [3.8, 4) is 0 Å². The molecule has 1 aliphatic carbocycles. The molecule has 1 fully saturated rings. The van der Waals surface area contributed by atoms with E-state index in [1.807, 2.05) is 20.8 Å². The number of carbonyl (C=O) groups is 1. The van der Waals surface area contributed by atoms with Crippen LogP contribution in [0.5, 0.6) is 0 Å². The van der Waals surface area contributed by atoms with Crippen molar-refractivity contribution in [1.82, 2.24) is 10.6 Å². The number of nitrogens with one attached hydrogen (secondary N) is 2. The van der Waals surface area contributed by atoms with E-state index in [1.165, 1.54) is 4.88 Å². The molecule has 1 aromatic heterocycles. The fourth-order valence-electron chi connectivity index (χ4n) is 2.37. The highest BCUT2D eigenvalue weighted by Gasteiger charge is 2.39. The standard InChI is InChI=1S/C15H22Br2N2O2S/c1-14(2,3)21-13(20)19-15(5-4-6-15)9-18-8-10-7-11(16)12(17)22-10/h7,18H,4-6,8-9H2,1-3H3,(H,19,20). The Morgan fingerprint density at radius 1 is 1.41 bits per heavy atom. The highest BCUT2D eigenvalue weighted by molar-refractivity contribution is 9.13. The number of hydrogen-bond acceptors (Lipinski definition) is 4. The summed E-state index contributed by atoms with van der Waals surface area (Å²) in [7, 11) is 0. The van der Waals surface area contributed by atoms with E-state index in [2.05, 4.69) is 48.6 Å². The van der Waals surface area contributed by atoms with Crippen molar-refractivity contribution in [2.24, 2.45) is 0 Å². The van der Waals surface area contributed by atoms with Gasteiger partial charge in [-0.3, -0.25) is 0 Å². The van der Waals surface area contributed by atoms with Crippen molar-refractivity contribution >= 4 is 49.3 Å². The van der Waals surface area contributed by atoms with E-state index in [4.69, 9.17) is 4.74 Å². The third-order valence-corrected chi connectivity index (χ3v) is 6.79. The minimum atomic E-state index is -0.460. The smallest absolute Gasteiger partial charge is 0.408 e. The number of halogens is 2. The van der Waals surface area contributed by atoms with Crippen LogP contribution in [-0.4, -0.2) is 23.8 Å². The molecule has 0 aliphatic heterocycles. The normalized spacial score (nSPS) is 17.0. The van der Waals surface area contributed by atoms with Gasteiger partial charge in [-0.1, -0.05) is 0 Å². The van der Waals surface area contributed by atoms with Gasteiger partial charge < -0.3 is 15.4 Å². The predicted octanol–water partition coefficient (Wildman–Crippen LogP) is 4.81. The molecule has 1 amide bonds. The Balaban J connectivity index is 1.82. The summed E-state index contributed by atoms with van der Waals surface area (Å²) in [5.74, 6) is 0. The van der Waals surface area contributed by atoms with E-state index >= 15 is 0 Å². The quantitative estimate of drug-likeness (QED) is 0.672. The summed E-state index contributed by atoms with van der Waals surface area (Å²) in [6.07, 6.45) is 2.82. The van der Waals surface area contributed by atoms with Gasteiger partial charge in [-0.15, -0.1) is 11.3 Å². The third-order valence-electron chi connectivity index (χ3n) is 3.54. The lowest BCUT2D eigenvalue weighted by atomic mass is 9.76. The molecule has 1 saturated carbocycles. The molecule has 124 valence electrons. The van der Waals surface area contributed by atoms with Gasteiger partial charge >= 0.3 is 6.09 Å². The molecule has 0 atom stereocenters. The number of alkyl carbamates (subject to hydrolysis) is 1. The molecule has 0 radical (unpaired) electrons. The first-order valence-electron chi connectivity index (χ1n) is 7.35. The molecule has 4 nitrogen and oxygen atoms in total. The number of ether oxygens (including phenoxy) is 1. The van der Waals surface area contributed by atoms with Crippen LogP contribution in [0.25, 0.3) is 0 Å². The lowest BCUT2D eigenvalue weighted by molar-refractivity contribution is 0.0382. The molecule has 0 saturated heterocycles. The SMILES string of the molecule is CC(C)(C)OC(=O)NC1(CNCc2cc(Br)c(Br)s2)CCC1. The minimum absolute atomic E-state index is 0.159. The second kappa shape index (κ2) is 7.20. The zero-order valence-corrected chi connectivity index (χ0v) is 17.1. The summed E-state index contributed by atoms with van der Waals surface area (Å²) in [4.78, 5) is 13.2. The monoisotopic (exact) mass is 452 g/mol. The number of hydrogen-bond donors (Lipinski definition) is 2. The van der Waals surface area contributed by atoms with Crippen molar-refractivity contribution in [2.75, 3.05) is 6.54 Å². The molecule has 0 aromatic carbocycles. The number of carbonyl (C=O) groups excluding carboxylic acids is 1. The fraction of sp³-hybridized carbons (Fsp3) is 0.667. The van der Waals surface area contributed by atoms with Crippen molar-refractivity contribution in [3.05, 3.63) is 19.2 Å². The average Bonchev–Trinajstić information content (AvgIpc) is 2.63. The number of thiophene rings is 1. The van der Waals surface area contributed by atoms with Crippen LogP contribution in [0.15, 0.2) is 14.3 Å². The second-order valence-corrected chi connectivity index (χ2v) is 10.0. The van der Waals surface area contributed by atoms with E-state index in [-0.39, 0.29) is 11.6 Å². The molecule has 7 heteroatoms. The maximum absolute atomic E-state index is 12.0. The summed E-state index contributed by atoms with van der Waals surface area (Å²) in [5.41, 5.74) is -0.619. The van der Waals surface area contributed by atoms with Gasteiger partial charge in [0.25, 0.3) is 0 Å². The molecule has 1 heterocycles. The molecule has 1 aromatic rings. The zero-order valence-electron chi connectivity index (χ0n) is 13.1. The first-order chi connectivity index (χ1) is 10.2. The van der Waals surface area contributed by atoms with Gasteiger partial charge in [0.2, 0.25) is 0 Å². The van der Waals surface area contributed by atoms with Crippen LogP contribution in [0.1, 0.15) is 44.9 Å². The van der Waals surface area contributed by atoms with Gasteiger partial charge in [-0.05, 0) is 78.0 Å². The van der Waals surface area contributed by atoms with Gasteiger partial charge in [0.05, 0.1) is 9.33 Å². The van der Waals surface area contributed by atoms with E-state index in [0.717, 1.165) is 40.6 Å². The van der Waals surface area contributed by atoms with Crippen LogP contribution in [0, 0.1) is 0 Å². The van der Waals surface area contributed by atoms with Crippen molar-refractivity contribution in [2.45, 2.75) is 57.7 Å². The summed E-state index contributed by atoms with van der Waals surface area (Å²) < 4.78 is 7.55. The topological polar surface area (TPSA) is 50.4 Å². The van der Waals surface area contributed by atoms with Crippen molar-refractivity contribution < 1.29 is 9.53 Å². The number of amides is 1.